The van der Waals surface area contributed by atoms with Crippen LogP contribution in [0.3, 0.4) is 0 Å². The van der Waals surface area contributed by atoms with E-state index in [9.17, 15) is 5.11 Å². The molecule has 0 aliphatic carbocycles. The van der Waals surface area contributed by atoms with Crippen LogP contribution < -0.4 is 0 Å². The molecule has 0 bridgehead atoms. The Bertz CT molecular complexity index is 74.6. The second-order valence-corrected chi connectivity index (χ2v) is 3.41. The van der Waals surface area contributed by atoms with E-state index in [2.05, 4.69) is 20.8 Å². The van der Waals surface area contributed by atoms with Crippen LogP contribution in [-0.4, -0.2) is 11.2 Å². The fourth-order valence-corrected chi connectivity index (χ4v) is 0.853. The van der Waals surface area contributed by atoms with Crippen molar-refractivity contribution in [2.45, 2.75) is 46.6 Å². The Morgan fingerprint density at radius 2 is 1.89 bits per heavy atom. The predicted molar refractivity (Wildman–Crippen MR) is 40.4 cm³/mol. The monoisotopic (exact) mass is 130 g/mol. The van der Waals surface area contributed by atoms with Crippen molar-refractivity contribution < 1.29 is 5.11 Å². The van der Waals surface area contributed by atoms with E-state index in [0.29, 0.717) is 0 Å². The van der Waals surface area contributed by atoms with E-state index >= 15 is 0 Å². The summed E-state index contributed by atoms with van der Waals surface area (Å²) in [5, 5.41) is 9.21. The molecule has 0 aliphatic rings. The van der Waals surface area contributed by atoms with Crippen LogP contribution in [0.2, 0.25) is 0 Å². The summed E-state index contributed by atoms with van der Waals surface area (Å²) in [5.74, 6) is 0. The second-order valence-electron chi connectivity index (χ2n) is 3.41. The lowest BCUT2D eigenvalue weighted by molar-refractivity contribution is 0.0592. The lowest BCUT2D eigenvalue weighted by atomic mass is 9.83. The van der Waals surface area contributed by atoms with Crippen LogP contribution in [0.25, 0.3) is 0 Å². The zero-order chi connectivity index (χ0) is 7.49. The molecule has 0 fully saturated rings. The molecule has 0 aromatic carbocycles. The summed E-state index contributed by atoms with van der Waals surface area (Å²) in [7, 11) is 0. The quantitative estimate of drug-likeness (QED) is 0.621. The van der Waals surface area contributed by atoms with Crippen molar-refractivity contribution in [1.82, 2.24) is 0 Å². The first-order valence-corrected chi connectivity index (χ1v) is 3.68. The van der Waals surface area contributed by atoms with Gasteiger partial charge in [0.05, 0.1) is 6.10 Å². The van der Waals surface area contributed by atoms with Gasteiger partial charge in [-0.3, -0.25) is 0 Å². The number of hydrogen-bond donors (Lipinski definition) is 1. The van der Waals surface area contributed by atoms with Crippen molar-refractivity contribution >= 4 is 0 Å². The zero-order valence-electron chi connectivity index (χ0n) is 6.94. The van der Waals surface area contributed by atoms with E-state index in [1.165, 1.54) is 0 Å². The molecule has 0 aromatic rings. The highest BCUT2D eigenvalue weighted by molar-refractivity contribution is 4.72. The van der Waals surface area contributed by atoms with Crippen molar-refractivity contribution in [2.24, 2.45) is 5.41 Å². The molecule has 56 valence electrons. The molecular formula is C8H18O. The fourth-order valence-electron chi connectivity index (χ4n) is 0.853. The first kappa shape index (κ1) is 8.96. The molecule has 0 amide bonds. The summed E-state index contributed by atoms with van der Waals surface area (Å²) in [5.41, 5.74) is 0.106. The largest absolute Gasteiger partial charge is 0.393 e. The second kappa shape index (κ2) is 3.21. The van der Waals surface area contributed by atoms with Gasteiger partial charge in [0.25, 0.3) is 0 Å². The average molecular weight is 130 g/mol. The number of aliphatic hydroxyl groups is 1. The molecule has 0 aromatic heterocycles. The van der Waals surface area contributed by atoms with Crippen LogP contribution >= 0.6 is 0 Å². The molecule has 0 aliphatic heterocycles. The minimum atomic E-state index is -0.183. The van der Waals surface area contributed by atoms with Gasteiger partial charge in [-0.05, 0) is 18.8 Å². The van der Waals surface area contributed by atoms with Crippen molar-refractivity contribution in [3.05, 3.63) is 0 Å². The van der Waals surface area contributed by atoms with Gasteiger partial charge in [0.1, 0.15) is 0 Å². The van der Waals surface area contributed by atoms with Gasteiger partial charge in [0, 0.05) is 0 Å². The third-order valence-electron chi connectivity index (χ3n) is 2.03. The highest BCUT2D eigenvalue weighted by Crippen LogP contribution is 2.25. The maximum absolute atomic E-state index is 9.21. The van der Waals surface area contributed by atoms with Crippen LogP contribution in [0.1, 0.15) is 40.5 Å². The maximum Gasteiger partial charge on any atom is 0.0563 e. The van der Waals surface area contributed by atoms with Crippen LogP contribution in [0, 0.1) is 5.41 Å². The van der Waals surface area contributed by atoms with Crippen molar-refractivity contribution in [2.75, 3.05) is 0 Å². The molecule has 0 radical (unpaired) electrons. The Labute approximate surface area is 58.1 Å². The van der Waals surface area contributed by atoms with Crippen LogP contribution in [0.5, 0.6) is 0 Å². The van der Waals surface area contributed by atoms with Gasteiger partial charge in [-0.25, -0.2) is 0 Å². The molecule has 9 heavy (non-hydrogen) atoms. The lowest BCUT2D eigenvalue weighted by Gasteiger charge is -2.27. The van der Waals surface area contributed by atoms with E-state index in [1.54, 1.807) is 0 Å². The Morgan fingerprint density at radius 3 is 2.00 bits per heavy atom. The predicted octanol–water partition coefficient (Wildman–Crippen LogP) is 2.19. The summed E-state index contributed by atoms with van der Waals surface area (Å²) >= 11 is 0. The van der Waals surface area contributed by atoms with Gasteiger partial charge in [-0.1, -0.05) is 27.2 Å². The lowest BCUT2D eigenvalue weighted by Crippen LogP contribution is -2.25. The van der Waals surface area contributed by atoms with Crippen LogP contribution in [-0.2, 0) is 0 Å². The summed E-state index contributed by atoms with van der Waals surface area (Å²) < 4.78 is 0. The van der Waals surface area contributed by atoms with Crippen molar-refractivity contribution in [1.29, 1.82) is 0 Å². The third-order valence-corrected chi connectivity index (χ3v) is 2.03. The Balaban J connectivity index is 3.70. The minimum Gasteiger partial charge on any atom is -0.393 e. The molecule has 0 heterocycles. The molecule has 0 rings (SSSR count). The molecule has 0 saturated heterocycles. The van der Waals surface area contributed by atoms with Gasteiger partial charge in [0.15, 0.2) is 0 Å². The van der Waals surface area contributed by atoms with Crippen molar-refractivity contribution in [3.8, 4) is 0 Å². The Kier molecular flexibility index (Phi) is 3.20. The highest BCUT2D eigenvalue weighted by atomic mass is 16.3. The minimum absolute atomic E-state index is 0.106. The molecule has 0 saturated carbocycles. The number of rotatable bonds is 3. The zero-order valence-corrected chi connectivity index (χ0v) is 6.94. The fraction of sp³-hybridized carbons (Fsp3) is 1.00. The smallest absolute Gasteiger partial charge is 0.0563 e. The van der Waals surface area contributed by atoms with Gasteiger partial charge in [-0.2, -0.15) is 0 Å². The summed E-state index contributed by atoms with van der Waals surface area (Å²) in [4.78, 5) is 0. The molecule has 1 heteroatoms. The van der Waals surface area contributed by atoms with Gasteiger partial charge >= 0.3 is 0 Å². The summed E-state index contributed by atoms with van der Waals surface area (Å²) in [6.45, 7) is 8.20. The third kappa shape index (κ3) is 2.85. The average Bonchev–Trinajstić information content (AvgIpc) is 1.65. The molecule has 0 spiro atoms. The first-order valence-electron chi connectivity index (χ1n) is 3.68. The van der Waals surface area contributed by atoms with Gasteiger partial charge < -0.3 is 5.11 Å². The van der Waals surface area contributed by atoms with E-state index in [-0.39, 0.29) is 11.5 Å². The van der Waals surface area contributed by atoms with E-state index in [4.69, 9.17) is 0 Å². The first-order chi connectivity index (χ1) is 4.00. The number of hydrogen-bond acceptors (Lipinski definition) is 1. The Morgan fingerprint density at radius 1 is 1.44 bits per heavy atom. The number of aliphatic hydroxyl groups excluding tert-OH is 1. The van der Waals surface area contributed by atoms with E-state index in [0.717, 1.165) is 12.8 Å². The van der Waals surface area contributed by atoms with E-state index in [1.807, 2.05) is 6.92 Å². The molecular weight excluding hydrogens is 112 g/mol. The maximum atomic E-state index is 9.21. The topological polar surface area (TPSA) is 20.2 Å². The van der Waals surface area contributed by atoms with Gasteiger partial charge in [-0.15, -0.1) is 0 Å². The molecule has 1 N–H and O–H groups in total. The van der Waals surface area contributed by atoms with Gasteiger partial charge in [0.2, 0.25) is 0 Å². The molecule has 0 unspecified atom stereocenters. The van der Waals surface area contributed by atoms with E-state index < -0.39 is 0 Å². The summed E-state index contributed by atoms with van der Waals surface area (Å²) in [6, 6.07) is 0. The molecule has 1 atom stereocenters. The Hall–Kier alpha value is -0.0400. The highest BCUT2D eigenvalue weighted by Gasteiger charge is 2.21. The van der Waals surface area contributed by atoms with Crippen LogP contribution in [0.4, 0.5) is 0 Å². The SMILES string of the molecule is CCCC(C)(C)[C@@H](C)O. The molecule has 1 nitrogen and oxygen atoms in total. The summed E-state index contributed by atoms with van der Waals surface area (Å²) in [6.07, 6.45) is 2.07. The van der Waals surface area contributed by atoms with Crippen LogP contribution in [0.15, 0.2) is 0 Å². The normalized spacial score (nSPS) is 15.7. The standard InChI is InChI=1S/C8H18O/c1-5-6-8(3,4)7(2)9/h7,9H,5-6H2,1-4H3/t7-/m1/s1. The van der Waals surface area contributed by atoms with Crippen molar-refractivity contribution in [3.63, 3.8) is 0 Å².